The summed E-state index contributed by atoms with van der Waals surface area (Å²) in [6.45, 7) is 6.26. The summed E-state index contributed by atoms with van der Waals surface area (Å²) in [7, 11) is 0. The summed E-state index contributed by atoms with van der Waals surface area (Å²) in [5, 5.41) is 2.86. The van der Waals surface area contributed by atoms with Crippen molar-refractivity contribution in [3.05, 3.63) is 35.4 Å². The van der Waals surface area contributed by atoms with Crippen LogP contribution in [0.1, 0.15) is 30.9 Å². The molecular weight excluding hydrogens is 306 g/mol. The zero-order chi connectivity index (χ0) is 17.5. The Hall–Kier alpha value is -2.37. The molecule has 1 saturated heterocycles. The molecule has 1 aromatic carbocycles. The summed E-state index contributed by atoms with van der Waals surface area (Å²) in [6, 6.07) is 7.89. The lowest BCUT2D eigenvalue weighted by molar-refractivity contribution is -0.139. The van der Waals surface area contributed by atoms with Crippen LogP contribution in [0.2, 0.25) is 0 Å². The Morgan fingerprint density at radius 3 is 2.25 bits per heavy atom. The van der Waals surface area contributed by atoms with Crippen molar-refractivity contribution in [1.82, 2.24) is 15.1 Å². The number of hydrogen-bond acceptors (Lipinski definition) is 3. The van der Waals surface area contributed by atoms with E-state index in [0.29, 0.717) is 32.7 Å². The lowest BCUT2D eigenvalue weighted by Gasteiger charge is -2.34. The average Bonchev–Trinajstić information content (AvgIpc) is 2.59. The van der Waals surface area contributed by atoms with Gasteiger partial charge in [0.25, 0.3) is 0 Å². The highest BCUT2D eigenvalue weighted by Crippen LogP contribution is 2.08. The van der Waals surface area contributed by atoms with Crippen molar-refractivity contribution in [2.75, 3.05) is 26.2 Å². The topological polar surface area (TPSA) is 69.7 Å². The number of aryl methyl sites for hydroxylation is 1. The maximum atomic E-state index is 12.1. The van der Waals surface area contributed by atoms with Crippen LogP contribution in [0.15, 0.2) is 24.3 Å². The van der Waals surface area contributed by atoms with Crippen LogP contribution in [0.3, 0.4) is 0 Å². The van der Waals surface area contributed by atoms with Crippen molar-refractivity contribution in [1.29, 1.82) is 0 Å². The summed E-state index contributed by atoms with van der Waals surface area (Å²) in [5.74, 6) is -0.101. The molecule has 1 aliphatic rings. The minimum absolute atomic E-state index is 0.0238. The third-order valence-electron chi connectivity index (χ3n) is 4.38. The summed E-state index contributed by atoms with van der Waals surface area (Å²) in [6.07, 6.45) is 0.400. The second-order valence-electron chi connectivity index (χ2n) is 6.09. The lowest BCUT2D eigenvalue weighted by Crippen LogP contribution is -2.50. The first-order valence-corrected chi connectivity index (χ1v) is 8.32. The van der Waals surface area contributed by atoms with Crippen molar-refractivity contribution >= 4 is 17.7 Å². The Labute approximate surface area is 142 Å². The van der Waals surface area contributed by atoms with Gasteiger partial charge in [0.15, 0.2) is 0 Å². The summed E-state index contributed by atoms with van der Waals surface area (Å²) >= 11 is 0. The van der Waals surface area contributed by atoms with Gasteiger partial charge in [0.2, 0.25) is 17.7 Å². The van der Waals surface area contributed by atoms with Gasteiger partial charge in [-0.1, -0.05) is 24.3 Å². The lowest BCUT2D eigenvalue weighted by atomic mass is 10.1. The maximum Gasteiger partial charge on any atom is 0.223 e. The molecular formula is C18H25N3O3. The normalized spacial score (nSPS) is 14.4. The Morgan fingerprint density at radius 2 is 1.62 bits per heavy atom. The highest BCUT2D eigenvalue weighted by Gasteiger charge is 2.22. The van der Waals surface area contributed by atoms with Crippen molar-refractivity contribution in [3.8, 4) is 0 Å². The number of hydrogen-bond donors (Lipinski definition) is 1. The molecule has 0 aliphatic carbocycles. The average molecular weight is 331 g/mol. The van der Waals surface area contributed by atoms with Crippen LogP contribution in [0, 0.1) is 6.92 Å². The maximum absolute atomic E-state index is 12.1. The fourth-order valence-electron chi connectivity index (χ4n) is 2.74. The summed E-state index contributed by atoms with van der Waals surface area (Å²) in [4.78, 5) is 38.8. The van der Waals surface area contributed by atoms with Crippen molar-refractivity contribution in [2.45, 2.75) is 33.2 Å². The van der Waals surface area contributed by atoms with Crippen LogP contribution in [-0.2, 0) is 20.9 Å². The van der Waals surface area contributed by atoms with Gasteiger partial charge in [-0.3, -0.25) is 14.4 Å². The molecule has 1 heterocycles. The van der Waals surface area contributed by atoms with Gasteiger partial charge in [0.05, 0.1) is 0 Å². The van der Waals surface area contributed by atoms with E-state index in [4.69, 9.17) is 0 Å². The van der Waals surface area contributed by atoms with E-state index in [1.54, 1.807) is 9.80 Å². The van der Waals surface area contributed by atoms with Crippen LogP contribution in [0.5, 0.6) is 0 Å². The number of benzene rings is 1. The smallest absolute Gasteiger partial charge is 0.223 e. The van der Waals surface area contributed by atoms with E-state index in [1.165, 1.54) is 6.92 Å². The van der Waals surface area contributed by atoms with E-state index in [9.17, 15) is 14.4 Å². The van der Waals surface area contributed by atoms with Crippen LogP contribution in [0.25, 0.3) is 0 Å². The van der Waals surface area contributed by atoms with Crippen LogP contribution in [0.4, 0.5) is 0 Å². The molecule has 3 amide bonds. The molecule has 1 N–H and O–H groups in total. The zero-order valence-electron chi connectivity index (χ0n) is 14.4. The van der Waals surface area contributed by atoms with E-state index in [1.807, 2.05) is 31.2 Å². The third-order valence-corrected chi connectivity index (χ3v) is 4.38. The van der Waals surface area contributed by atoms with Gasteiger partial charge in [0, 0.05) is 52.5 Å². The fraction of sp³-hybridized carbons (Fsp3) is 0.500. The molecule has 0 radical (unpaired) electrons. The number of nitrogens with one attached hydrogen (secondary N) is 1. The molecule has 0 atom stereocenters. The Bertz CT molecular complexity index is 607. The molecule has 0 saturated carbocycles. The van der Waals surface area contributed by atoms with Crippen molar-refractivity contribution in [2.24, 2.45) is 0 Å². The van der Waals surface area contributed by atoms with E-state index in [0.717, 1.165) is 11.1 Å². The third kappa shape index (κ3) is 5.08. The van der Waals surface area contributed by atoms with Crippen molar-refractivity contribution < 1.29 is 14.4 Å². The Kier molecular flexibility index (Phi) is 6.35. The molecule has 130 valence electrons. The minimum Gasteiger partial charge on any atom is -0.352 e. The molecule has 0 aromatic heterocycles. The first-order valence-electron chi connectivity index (χ1n) is 8.32. The molecule has 6 nitrogen and oxygen atoms in total. The zero-order valence-corrected chi connectivity index (χ0v) is 14.4. The molecule has 1 aliphatic heterocycles. The Balaban J connectivity index is 1.69. The summed E-state index contributed by atoms with van der Waals surface area (Å²) < 4.78 is 0. The van der Waals surface area contributed by atoms with Crippen LogP contribution in [-0.4, -0.2) is 53.7 Å². The molecule has 0 bridgehead atoms. The molecule has 6 heteroatoms. The second kappa shape index (κ2) is 8.47. The molecule has 0 spiro atoms. The monoisotopic (exact) mass is 331 g/mol. The molecule has 24 heavy (non-hydrogen) atoms. The largest absolute Gasteiger partial charge is 0.352 e. The fourth-order valence-corrected chi connectivity index (χ4v) is 2.74. The van der Waals surface area contributed by atoms with Gasteiger partial charge in [0.1, 0.15) is 0 Å². The molecule has 0 unspecified atom stereocenters. The number of piperazine rings is 1. The molecule has 1 fully saturated rings. The first-order chi connectivity index (χ1) is 11.5. The van der Waals surface area contributed by atoms with E-state index >= 15 is 0 Å². The highest BCUT2D eigenvalue weighted by atomic mass is 16.2. The number of carbonyl (C=O) groups excluding carboxylic acids is 3. The number of rotatable bonds is 5. The van der Waals surface area contributed by atoms with Gasteiger partial charge in [-0.15, -0.1) is 0 Å². The van der Waals surface area contributed by atoms with E-state index in [2.05, 4.69) is 5.32 Å². The SMILES string of the molecule is CC(=O)N1CCN(C(=O)CCC(=O)NCc2ccccc2C)CC1. The van der Waals surface area contributed by atoms with Crippen LogP contribution >= 0.6 is 0 Å². The van der Waals surface area contributed by atoms with Gasteiger partial charge in [-0.25, -0.2) is 0 Å². The first kappa shape index (κ1) is 18.0. The van der Waals surface area contributed by atoms with E-state index < -0.39 is 0 Å². The van der Waals surface area contributed by atoms with Gasteiger partial charge in [-0.2, -0.15) is 0 Å². The quantitative estimate of drug-likeness (QED) is 0.878. The molecule has 2 rings (SSSR count). The van der Waals surface area contributed by atoms with E-state index in [-0.39, 0.29) is 30.6 Å². The van der Waals surface area contributed by atoms with Gasteiger partial charge in [-0.05, 0) is 18.1 Å². The van der Waals surface area contributed by atoms with Crippen molar-refractivity contribution in [3.63, 3.8) is 0 Å². The minimum atomic E-state index is -0.117. The second-order valence-corrected chi connectivity index (χ2v) is 6.09. The van der Waals surface area contributed by atoms with Gasteiger partial charge < -0.3 is 15.1 Å². The highest BCUT2D eigenvalue weighted by molar-refractivity contribution is 5.84. The predicted molar refractivity (Wildman–Crippen MR) is 91.1 cm³/mol. The number of amides is 3. The number of carbonyl (C=O) groups is 3. The standard InChI is InChI=1S/C18H25N3O3/c1-14-5-3-4-6-16(14)13-19-17(23)7-8-18(24)21-11-9-20(10-12-21)15(2)22/h3-6H,7-13H2,1-2H3,(H,19,23). The van der Waals surface area contributed by atoms with Gasteiger partial charge >= 0.3 is 0 Å². The number of nitrogens with zero attached hydrogens (tertiary/aromatic N) is 2. The summed E-state index contributed by atoms with van der Waals surface area (Å²) in [5.41, 5.74) is 2.22. The molecule has 1 aromatic rings. The predicted octanol–water partition coefficient (Wildman–Crippen LogP) is 1.08. The van der Waals surface area contributed by atoms with Crippen LogP contribution < -0.4 is 5.32 Å². The Morgan fingerprint density at radius 1 is 1.00 bits per heavy atom.